The van der Waals surface area contributed by atoms with Crippen LogP contribution >= 0.6 is 11.3 Å². The Morgan fingerprint density at radius 1 is 1.61 bits per heavy atom. The van der Waals surface area contributed by atoms with Crippen molar-refractivity contribution in [2.75, 3.05) is 26.7 Å². The van der Waals surface area contributed by atoms with Crippen LogP contribution in [0.4, 0.5) is 4.79 Å². The van der Waals surface area contributed by atoms with Crippen molar-refractivity contribution in [1.82, 2.24) is 10.2 Å². The quantitative estimate of drug-likeness (QED) is 0.838. The van der Waals surface area contributed by atoms with Crippen molar-refractivity contribution in [2.45, 2.75) is 12.5 Å². The van der Waals surface area contributed by atoms with Gasteiger partial charge >= 0.3 is 6.09 Å². The van der Waals surface area contributed by atoms with Gasteiger partial charge in [0.15, 0.2) is 5.78 Å². The molecule has 0 bridgehead atoms. The Kier molecular flexibility index (Phi) is 4.33. The predicted octanol–water partition coefficient (Wildman–Crippen LogP) is 1.36. The molecule has 1 N–H and O–H groups in total. The van der Waals surface area contributed by atoms with Crippen molar-refractivity contribution >= 4 is 23.2 Å². The zero-order chi connectivity index (χ0) is 13.0. The fourth-order valence-corrected chi connectivity index (χ4v) is 2.69. The molecule has 1 amide bonds. The molecule has 1 aromatic rings. The first-order valence-corrected chi connectivity index (χ1v) is 6.70. The van der Waals surface area contributed by atoms with Gasteiger partial charge in [-0.15, -0.1) is 11.3 Å². The lowest BCUT2D eigenvalue weighted by atomic mass is 10.3. The summed E-state index contributed by atoms with van der Waals surface area (Å²) in [5, 5.41) is 4.66. The second-order valence-corrected chi connectivity index (χ2v) is 5.20. The van der Waals surface area contributed by atoms with Gasteiger partial charge in [0, 0.05) is 19.1 Å². The average molecular weight is 268 g/mol. The molecule has 2 heterocycles. The van der Waals surface area contributed by atoms with Crippen LogP contribution in [-0.4, -0.2) is 49.6 Å². The van der Waals surface area contributed by atoms with E-state index in [-0.39, 0.29) is 11.8 Å². The van der Waals surface area contributed by atoms with Crippen LogP contribution in [0.25, 0.3) is 0 Å². The van der Waals surface area contributed by atoms with Crippen molar-refractivity contribution < 1.29 is 14.3 Å². The van der Waals surface area contributed by atoms with Gasteiger partial charge in [-0.25, -0.2) is 4.79 Å². The van der Waals surface area contributed by atoms with E-state index < -0.39 is 6.09 Å². The summed E-state index contributed by atoms with van der Waals surface area (Å²) in [4.78, 5) is 25.8. The smallest absolute Gasteiger partial charge is 0.407 e. The lowest BCUT2D eigenvalue weighted by Gasteiger charge is -2.15. The monoisotopic (exact) mass is 268 g/mol. The molecule has 1 atom stereocenters. The average Bonchev–Trinajstić information content (AvgIpc) is 3.00. The highest BCUT2D eigenvalue weighted by Gasteiger charge is 2.25. The van der Waals surface area contributed by atoms with Gasteiger partial charge in [0.25, 0.3) is 0 Å². The molecule has 1 aromatic heterocycles. The molecule has 18 heavy (non-hydrogen) atoms. The molecule has 1 saturated heterocycles. The summed E-state index contributed by atoms with van der Waals surface area (Å²) < 4.78 is 4.55. The number of ether oxygens (including phenoxy) is 1. The zero-order valence-corrected chi connectivity index (χ0v) is 11.0. The maximum absolute atomic E-state index is 11.9. The molecule has 0 spiro atoms. The van der Waals surface area contributed by atoms with E-state index in [1.54, 1.807) is 0 Å². The van der Waals surface area contributed by atoms with Gasteiger partial charge in [-0.1, -0.05) is 6.07 Å². The van der Waals surface area contributed by atoms with E-state index in [0.717, 1.165) is 17.8 Å². The SMILES string of the molecule is COC(=O)NC1CCN(CC(=O)c2cccs2)C1. The van der Waals surface area contributed by atoms with Crippen LogP contribution in [-0.2, 0) is 4.74 Å². The summed E-state index contributed by atoms with van der Waals surface area (Å²) in [5.74, 6) is 0.142. The Morgan fingerprint density at radius 2 is 2.44 bits per heavy atom. The minimum absolute atomic E-state index is 0.0774. The Bertz CT molecular complexity index is 419. The van der Waals surface area contributed by atoms with Crippen molar-refractivity contribution in [1.29, 1.82) is 0 Å². The topological polar surface area (TPSA) is 58.6 Å². The van der Waals surface area contributed by atoms with Crippen molar-refractivity contribution in [3.63, 3.8) is 0 Å². The molecule has 0 radical (unpaired) electrons. The largest absolute Gasteiger partial charge is 0.453 e. The van der Waals surface area contributed by atoms with E-state index in [4.69, 9.17) is 0 Å². The number of methoxy groups -OCH3 is 1. The van der Waals surface area contributed by atoms with Crippen LogP contribution in [0.5, 0.6) is 0 Å². The van der Waals surface area contributed by atoms with Gasteiger partial charge in [-0.05, 0) is 17.9 Å². The number of nitrogens with one attached hydrogen (secondary N) is 1. The first-order chi connectivity index (χ1) is 8.69. The van der Waals surface area contributed by atoms with E-state index in [2.05, 4.69) is 15.0 Å². The molecule has 0 saturated carbocycles. The Morgan fingerprint density at radius 3 is 3.11 bits per heavy atom. The summed E-state index contributed by atoms with van der Waals surface area (Å²) in [6, 6.07) is 3.80. The third-order valence-electron chi connectivity index (χ3n) is 2.94. The maximum atomic E-state index is 11.9. The third-order valence-corrected chi connectivity index (χ3v) is 3.85. The number of likely N-dealkylation sites (tertiary alicyclic amines) is 1. The fourth-order valence-electron chi connectivity index (χ4n) is 2.04. The van der Waals surface area contributed by atoms with E-state index in [0.29, 0.717) is 13.1 Å². The van der Waals surface area contributed by atoms with Crippen molar-refractivity contribution in [2.24, 2.45) is 0 Å². The molecular formula is C12H16N2O3S. The molecule has 1 unspecified atom stereocenters. The number of hydrogen-bond acceptors (Lipinski definition) is 5. The number of Topliss-reactive ketones (excluding diaryl/α,β-unsaturated/α-hetero) is 1. The number of carbonyl (C=O) groups excluding carboxylic acids is 2. The minimum atomic E-state index is -0.411. The van der Waals surface area contributed by atoms with Crippen molar-refractivity contribution in [3.8, 4) is 0 Å². The van der Waals surface area contributed by atoms with E-state index in [1.165, 1.54) is 18.4 Å². The summed E-state index contributed by atoms with van der Waals surface area (Å²) >= 11 is 1.46. The molecule has 1 aliphatic rings. The molecule has 6 heteroatoms. The van der Waals surface area contributed by atoms with Crippen LogP contribution in [0.2, 0.25) is 0 Å². The number of hydrogen-bond donors (Lipinski definition) is 1. The Labute approximate surface area is 110 Å². The number of ketones is 1. The standard InChI is InChI=1S/C12H16N2O3S/c1-17-12(16)13-9-4-5-14(7-9)8-10(15)11-3-2-6-18-11/h2-3,6,9H,4-5,7-8H2,1H3,(H,13,16). The number of amides is 1. The Balaban J connectivity index is 1.79. The number of rotatable bonds is 4. The van der Waals surface area contributed by atoms with E-state index in [9.17, 15) is 9.59 Å². The Hall–Kier alpha value is -1.40. The highest BCUT2D eigenvalue weighted by molar-refractivity contribution is 7.12. The lowest BCUT2D eigenvalue weighted by molar-refractivity contribution is 0.0948. The first-order valence-electron chi connectivity index (χ1n) is 5.82. The van der Waals surface area contributed by atoms with Crippen LogP contribution in [0.3, 0.4) is 0 Å². The molecule has 5 nitrogen and oxygen atoms in total. The number of alkyl carbamates (subject to hydrolysis) is 1. The maximum Gasteiger partial charge on any atom is 0.407 e. The fraction of sp³-hybridized carbons (Fsp3) is 0.500. The van der Waals surface area contributed by atoms with Crippen LogP contribution in [0.1, 0.15) is 16.1 Å². The third kappa shape index (κ3) is 3.30. The van der Waals surface area contributed by atoms with Crippen LogP contribution in [0, 0.1) is 0 Å². The van der Waals surface area contributed by atoms with Crippen LogP contribution < -0.4 is 5.32 Å². The molecule has 0 aliphatic carbocycles. The van der Waals surface area contributed by atoms with Gasteiger partial charge in [0.1, 0.15) is 0 Å². The molecule has 1 fully saturated rings. The first kappa shape index (κ1) is 13.0. The molecular weight excluding hydrogens is 252 g/mol. The molecule has 1 aliphatic heterocycles. The van der Waals surface area contributed by atoms with Gasteiger partial charge in [0.2, 0.25) is 0 Å². The summed E-state index contributed by atoms with van der Waals surface area (Å²) in [5.41, 5.74) is 0. The summed E-state index contributed by atoms with van der Waals surface area (Å²) in [6.07, 6.45) is 0.443. The number of thiophene rings is 1. The van der Waals surface area contributed by atoms with Crippen LogP contribution in [0.15, 0.2) is 17.5 Å². The highest BCUT2D eigenvalue weighted by atomic mass is 32.1. The normalized spacial score (nSPS) is 19.7. The summed E-state index contributed by atoms with van der Waals surface area (Å²) in [6.45, 7) is 1.94. The zero-order valence-electron chi connectivity index (χ0n) is 10.2. The summed E-state index contributed by atoms with van der Waals surface area (Å²) in [7, 11) is 1.35. The second-order valence-electron chi connectivity index (χ2n) is 4.26. The van der Waals surface area contributed by atoms with E-state index in [1.807, 2.05) is 17.5 Å². The van der Waals surface area contributed by atoms with E-state index >= 15 is 0 Å². The van der Waals surface area contributed by atoms with Gasteiger partial charge in [-0.2, -0.15) is 0 Å². The predicted molar refractivity (Wildman–Crippen MR) is 69.0 cm³/mol. The highest BCUT2D eigenvalue weighted by Crippen LogP contribution is 2.13. The molecule has 98 valence electrons. The van der Waals surface area contributed by atoms with Crippen molar-refractivity contribution in [3.05, 3.63) is 22.4 Å². The lowest BCUT2D eigenvalue weighted by Crippen LogP contribution is -2.37. The molecule has 0 aromatic carbocycles. The number of nitrogens with zero attached hydrogens (tertiary/aromatic N) is 1. The van der Waals surface area contributed by atoms with Gasteiger partial charge in [-0.3, -0.25) is 9.69 Å². The molecule has 2 rings (SSSR count). The van der Waals surface area contributed by atoms with Gasteiger partial charge in [0.05, 0.1) is 18.5 Å². The number of carbonyl (C=O) groups is 2. The minimum Gasteiger partial charge on any atom is -0.453 e. The second kappa shape index (κ2) is 5.97. The van der Waals surface area contributed by atoms with Gasteiger partial charge < -0.3 is 10.1 Å².